The van der Waals surface area contributed by atoms with Crippen molar-refractivity contribution in [3.63, 3.8) is 0 Å². The van der Waals surface area contributed by atoms with Gasteiger partial charge in [-0.05, 0) is 19.1 Å². The number of amidine groups is 1. The molecule has 0 aromatic heterocycles. The fourth-order valence-corrected chi connectivity index (χ4v) is 1.92. The summed E-state index contributed by atoms with van der Waals surface area (Å²) in [6, 6.07) is 6.50. The normalized spacial score (nSPS) is 12.6. The Morgan fingerprint density at radius 2 is 2.19 bits per heavy atom. The largest absolute Gasteiger partial charge is 0.308 e. The standard InChI is InChI=1S/C10H15N3O2S/c1-3-12-10(13-11)8-5-4-6-9(7-8)16(2,14)15/h4-7H,3,11H2,1-2H3,(H,12,13). The Kier molecular flexibility index (Phi) is 4.03. The molecule has 0 fully saturated rings. The molecule has 0 heterocycles. The molecule has 1 aromatic rings. The van der Waals surface area contributed by atoms with Gasteiger partial charge in [-0.15, -0.1) is 0 Å². The fraction of sp³-hybridized carbons (Fsp3) is 0.300. The number of sulfone groups is 1. The Hall–Kier alpha value is -1.40. The van der Waals surface area contributed by atoms with E-state index in [0.29, 0.717) is 17.9 Å². The zero-order valence-electron chi connectivity index (χ0n) is 9.27. The molecule has 0 saturated heterocycles. The number of nitrogens with one attached hydrogen (secondary N) is 1. The van der Waals surface area contributed by atoms with Crippen LogP contribution in [0.15, 0.2) is 34.2 Å². The summed E-state index contributed by atoms with van der Waals surface area (Å²) in [6.07, 6.45) is 1.17. The summed E-state index contributed by atoms with van der Waals surface area (Å²) in [6.45, 7) is 2.44. The van der Waals surface area contributed by atoms with Gasteiger partial charge in [-0.1, -0.05) is 12.1 Å². The van der Waals surface area contributed by atoms with E-state index >= 15 is 0 Å². The zero-order valence-corrected chi connectivity index (χ0v) is 10.1. The van der Waals surface area contributed by atoms with Crippen LogP contribution >= 0.6 is 0 Å². The second kappa shape index (κ2) is 5.09. The van der Waals surface area contributed by atoms with Crippen molar-refractivity contribution >= 4 is 15.7 Å². The molecular formula is C10H15N3O2S. The minimum absolute atomic E-state index is 0.254. The topological polar surface area (TPSA) is 84.5 Å². The molecule has 6 heteroatoms. The highest BCUT2D eigenvalue weighted by atomic mass is 32.2. The Morgan fingerprint density at radius 3 is 2.69 bits per heavy atom. The number of rotatable bonds is 3. The van der Waals surface area contributed by atoms with E-state index < -0.39 is 9.84 Å². The third-order valence-corrected chi connectivity index (χ3v) is 3.10. The summed E-state index contributed by atoms with van der Waals surface area (Å²) in [4.78, 5) is 4.38. The lowest BCUT2D eigenvalue weighted by atomic mass is 10.2. The predicted molar refractivity (Wildman–Crippen MR) is 64.0 cm³/mol. The first kappa shape index (κ1) is 12.7. The van der Waals surface area contributed by atoms with Gasteiger partial charge in [-0.25, -0.2) is 14.3 Å². The summed E-state index contributed by atoms with van der Waals surface area (Å²) in [5.41, 5.74) is 3.11. The Morgan fingerprint density at radius 1 is 1.50 bits per heavy atom. The molecule has 0 aliphatic carbocycles. The first-order valence-electron chi connectivity index (χ1n) is 4.80. The lowest BCUT2D eigenvalue weighted by Crippen LogP contribution is -2.31. The van der Waals surface area contributed by atoms with Crippen LogP contribution in [0, 0.1) is 0 Å². The highest BCUT2D eigenvalue weighted by Gasteiger charge is 2.09. The van der Waals surface area contributed by atoms with E-state index in [1.807, 2.05) is 6.92 Å². The van der Waals surface area contributed by atoms with Gasteiger partial charge in [-0.3, -0.25) is 4.99 Å². The van der Waals surface area contributed by atoms with Crippen molar-refractivity contribution in [2.75, 3.05) is 12.8 Å². The summed E-state index contributed by atoms with van der Waals surface area (Å²) in [7, 11) is -3.21. The van der Waals surface area contributed by atoms with Gasteiger partial charge in [0.2, 0.25) is 0 Å². The molecule has 0 aliphatic rings. The van der Waals surface area contributed by atoms with E-state index in [1.54, 1.807) is 24.3 Å². The summed E-state index contributed by atoms with van der Waals surface area (Å²) in [5.74, 6) is 5.80. The molecule has 1 aromatic carbocycles. The molecule has 5 nitrogen and oxygen atoms in total. The molecule has 0 radical (unpaired) electrons. The maximum Gasteiger partial charge on any atom is 0.175 e. The fourth-order valence-electron chi connectivity index (χ4n) is 1.25. The number of hydrogen-bond donors (Lipinski definition) is 2. The monoisotopic (exact) mass is 241 g/mol. The van der Waals surface area contributed by atoms with Crippen LogP contribution in [-0.2, 0) is 9.84 Å². The predicted octanol–water partition coefficient (Wildman–Crippen LogP) is 0.320. The Balaban J connectivity index is 3.22. The SMILES string of the molecule is CCN=C(NN)c1cccc(S(C)(=O)=O)c1. The van der Waals surface area contributed by atoms with Crippen molar-refractivity contribution in [3.05, 3.63) is 29.8 Å². The molecule has 0 amide bonds. The number of hydrogen-bond acceptors (Lipinski definition) is 4. The van der Waals surface area contributed by atoms with Crippen LogP contribution in [0.25, 0.3) is 0 Å². The van der Waals surface area contributed by atoms with Crippen LogP contribution < -0.4 is 11.3 Å². The molecule has 0 saturated carbocycles. The lowest BCUT2D eigenvalue weighted by molar-refractivity contribution is 0.602. The zero-order chi connectivity index (χ0) is 12.2. The summed E-state index contributed by atoms with van der Waals surface area (Å²) < 4.78 is 22.7. The van der Waals surface area contributed by atoms with Crippen LogP contribution in [0.3, 0.4) is 0 Å². The van der Waals surface area contributed by atoms with Gasteiger partial charge in [-0.2, -0.15) is 0 Å². The molecule has 0 atom stereocenters. The first-order valence-corrected chi connectivity index (χ1v) is 6.69. The maximum absolute atomic E-state index is 11.4. The van der Waals surface area contributed by atoms with E-state index in [0.717, 1.165) is 0 Å². The molecular weight excluding hydrogens is 226 g/mol. The molecule has 0 aliphatic heterocycles. The van der Waals surface area contributed by atoms with E-state index in [2.05, 4.69) is 10.4 Å². The average Bonchev–Trinajstić information content (AvgIpc) is 2.25. The lowest BCUT2D eigenvalue weighted by Gasteiger charge is -2.06. The minimum atomic E-state index is -3.21. The van der Waals surface area contributed by atoms with E-state index in [-0.39, 0.29) is 4.90 Å². The van der Waals surface area contributed by atoms with Gasteiger partial charge in [0, 0.05) is 18.4 Å². The number of aliphatic imine (C=N–C) groups is 1. The highest BCUT2D eigenvalue weighted by molar-refractivity contribution is 7.90. The number of hydrazine groups is 1. The third-order valence-electron chi connectivity index (χ3n) is 1.99. The van der Waals surface area contributed by atoms with Crippen molar-refractivity contribution in [2.24, 2.45) is 10.8 Å². The van der Waals surface area contributed by atoms with Gasteiger partial charge < -0.3 is 5.43 Å². The van der Waals surface area contributed by atoms with Gasteiger partial charge in [0.05, 0.1) is 4.90 Å². The van der Waals surface area contributed by atoms with Crippen molar-refractivity contribution in [1.29, 1.82) is 0 Å². The van der Waals surface area contributed by atoms with Crippen LogP contribution in [0.1, 0.15) is 12.5 Å². The molecule has 1 rings (SSSR count). The number of nitrogens with two attached hydrogens (primary N) is 1. The van der Waals surface area contributed by atoms with Crippen LogP contribution in [0.2, 0.25) is 0 Å². The van der Waals surface area contributed by atoms with Crippen LogP contribution in [-0.4, -0.2) is 27.1 Å². The summed E-state index contributed by atoms with van der Waals surface area (Å²) in [5, 5.41) is 0. The van der Waals surface area contributed by atoms with Crippen LogP contribution in [0.4, 0.5) is 0 Å². The molecule has 16 heavy (non-hydrogen) atoms. The molecule has 0 unspecified atom stereocenters. The van der Waals surface area contributed by atoms with Crippen molar-refractivity contribution in [2.45, 2.75) is 11.8 Å². The molecule has 0 bridgehead atoms. The second-order valence-corrected chi connectivity index (χ2v) is 5.28. The quantitative estimate of drug-likeness (QED) is 0.345. The third kappa shape index (κ3) is 3.04. The molecule has 88 valence electrons. The smallest absolute Gasteiger partial charge is 0.175 e. The van der Waals surface area contributed by atoms with E-state index in [9.17, 15) is 8.42 Å². The summed E-state index contributed by atoms with van der Waals surface area (Å²) >= 11 is 0. The number of benzene rings is 1. The van der Waals surface area contributed by atoms with E-state index in [4.69, 9.17) is 5.84 Å². The van der Waals surface area contributed by atoms with Gasteiger partial charge in [0.1, 0.15) is 5.84 Å². The first-order chi connectivity index (χ1) is 7.49. The molecule has 3 N–H and O–H groups in total. The van der Waals surface area contributed by atoms with Gasteiger partial charge in [0.15, 0.2) is 9.84 Å². The second-order valence-electron chi connectivity index (χ2n) is 3.27. The molecule has 0 spiro atoms. The maximum atomic E-state index is 11.4. The van der Waals surface area contributed by atoms with Crippen molar-refractivity contribution in [3.8, 4) is 0 Å². The minimum Gasteiger partial charge on any atom is -0.308 e. The van der Waals surface area contributed by atoms with Gasteiger partial charge >= 0.3 is 0 Å². The van der Waals surface area contributed by atoms with Crippen LogP contribution in [0.5, 0.6) is 0 Å². The Labute approximate surface area is 95.3 Å². The van der Waals surface area contributed by atoms with Crippen molar-refractivity contribution < 1.29 is 8.42 Å². The van der Waals surface area contributed by atoms with Crippen molar-refractivity contribution in [1.82, 2.24) is 5.43 Å². The van der Waals surface area contributed by atoms with Gasteiger partial charge in [0.25, 0.3) is 0 Å². The highest BCUT2D eigenvalue weighted by Crippen LogP contribution is 2.11. The van der Waals surface area contributed by atoms with E-state index in [1.165, 1.54) is 6.26 Å². The average molecular weight is 241 g/mol. The number of nitrogens with zero attached hydrogens (tertiary/aromatic N) is 1. The Bertz CT molecular complexity index is 495.